The molecule has 4 rings (SSSR count). The third-order valence-corrected chi connectivity index (χ3v) is 4.63. The molecule has 4 N–H and O–H groups in total. The van der Waals surface area contributed by atoms with Crippen LogP contribution in [0.2, 0.25) is 0 Å². The average Bonchev–Trinajstić information content (AvgIpc) is 2.75. The number of benzene rings is 2. The lowest BCUT2D eigenvalue weighted by Gasteiger charge is -2.10. The molecule has 0 saturated carbocycles. The summed E-state index contributed by atoms with van der Waals surface area (Å²) in [6.07, 6.45) is 5.96. The lowest BCUT2D eigenvalue weighted by Crippen LogP contribution is -2.15. The van der Waals surface area contributed by atoms with Gasteiger partial charge in [-0.1, -0.05) is 5.92 Å². The van der Waals surface area contributed by atoms with Gasteiger partial charge in [0.2, 0.25) is 5.43 Å². The Hall–Kier alpha value is -4.91. The van der Waals surface area contributed by atoms with Crippen LogP contribution in [-0.4, -0.2) is 33.0 Å². The minimum Gasteiger partial charge on any atom is -0.504 e. The Balaban J connectivity index is 2.03. The Morgan fingerprint density at radius 1 is 0.969 bits per heavy atom. The summed E-state index contributed by atoms with van der Waals surface area (Å²) in [5.41, 5.74) is -3.53. The molecule has 0 aliphatic carbocycles. The van der Waals surface area contributed by atoms with Gasteiger partial charge < -0.3 is 34.0 Å². The van der Waals surface area contributed by atoms with E-state index >= 15 is 0 Å². The largest absolute Gasteiger partial charge is 0.504 e. The van der Waals surface area contributed by atoms with Crippen molar-refractivity contribution in [3.05, 3.63) is 56.7 Å². The standard InChI is InChI=1S/C22H12O10/c1-2-3-30-22(29)18-17-16(7-14(25)20(18)27)31-8-11(19(17)26)10-4-9-5-12(23)13(24)6-15(9)32-21(10)28/h1,4-8,23-25,27H,3H2. The number of phenolic OH excluding ortho intramolecular Hbond substituents is 4. The molecule has 2 heterocycles. The highest BCUT2D eigenvalue weighted by Gasteiger charge is 2.26. The highest BCUT2D eigenvalue weighted by atomic mass is 16.5. The first-order chi connectivity index (χ1) is 15.2. The molecule has 0 atom stereocenters. The van der Waals surface area contributed by atoms with Gasteiger partial charge in [-0.05, 0) is 12.1 Å². The normalized spacial score (nSPS) is 10.8. The zero-order valence-corrected chi connectivity index (χ0v) is 15.9. The minimum atomic E-state index is -1.20. The smallest absolute Gasteiger partial charge is 0.344 e. The fourth-order valence-electron chi connectivity index (χ4n) is 3.16. The highest BCUT2D eigenvalue weighted by Crippen LogP contribution is 2.36. The van der Waals surface area contributed by atoms with Gasteiger partial charge >= 0.3 is 11.6 Å². The maximum atomic E-state index is 13.2. The van der Waals surface area contributed by atoms with Gasteiger partial charge in [-0.3, -0.25) is 4.79 Å². The van der Waals surface area contributed by atoms with E-state index in [4.69, 9.17) is 20.0 Å². The second-order valence-corrected chi connectivity index (χ2v) is 6.58. The van der Waals surface area contributed by atoms with E-state index in [1.807, 2.05) is 0 Å². The van der Waals surface area contributed by atoms with Crippen LogP contribution >= 0.6 is 0 Å². The van der Waals surface area contributed by atoms with Gasteiger partial charge in [0, 0.05) is 17.5 Å². The predicted octanol–water partition coefficient (Wildman–Crippen LogP) is 2.18. The molecule has 160 valence electrons. The zero-order chi connectivity index (χ0) is 23.2. The number of ether oxygens (including phenoxy) is 1. The van der Waals surface area contributed by atoms with Crippen LogP contribution in [0.5, 0.6) is 23.0 Å². The van der Waals surface area contributed by atoms with Crippen molar-refractivity contribution in [1.29, 1.82) is 0 Å². The van der Waals surface area contributed by atoms with E-state index in [0.29, 0.717) is 0 Å². The molecule has 0 aliphatic heterocycles. The van der Waals surface area contributed by atoms with Crippen molar-refractivity contribution in [3.63, 3.8) is 0 Å². The quantitative estimate of drug-likeness (QED) is 0.162. The molecule has 10 heteroatoms. The first-order valence-electron chi connectivity index (χ1n) is 8.84. The van der Waals surface area contributed by atoms with E-state index in [-0.39, 0.29) is 27.7 Å². The van der Waals surface area contributed by atoms with E-state index in [2.05, 4.69) is 5.92 Å². The van der Waals surface area contributed by atoms with E-state index in [1.54, 1.807) is 0 Å². The number of carbonyl (C=O) groups is 1. The molecule has 2 aromatic heterocycles. The summed E-state index contributed by atoms with van der Waals surface area (Å²) in [5.74, 6) is -1.82. The van der Waals surface area contributed by atoms with Gasteiger partial charge in [0.05, 0.1) is 16.5 Å². The molecule has 0 radical (unpaired) electrons. The number of aromatic hydroxyl groups is 4. The van der Waals surface area contributed by atoms with Crippen molar-refractivity contribution in [3.8, 4) is 46.5 Å². The van der Waals surface area contributed by atoms with Crippen molar-refractivity contribution < 1.29 is 38.8 Å². The lowest BCUT2D eigenvalue weighted by atomic mass is 10.0. The number of hydrogen-bond donors (Lipinski definition) is 4. The topological polar surface area (TPSA) is 168 Å². The second-order valence-electron chi connectivity index (χ2n) is 6.58. The van der Waals surface area contributed by atoms with E-state index in [0.717, 1.165) is 24.5 Å². The third-order valence-electron chi connectivity index (χ3n) is 4.63. The molecule has 0 amide bonds. The monoisotopic (exact) mass is 436 g/mol. The predicted molar refractivity (Wildman–Crippen MR) is 110 cm³/mol. The van der Waals surface area contributed by atoms with Gasteiger partial charge in [0.1, 0.15) is 23.0 Å². The molecule has 32 heavy (non-hydrogen) atoms. The van der Waals surface area contributed by atoms with Crippen LogP contribution in [0.25, 0.3) is 33.1 Å². The van der Waals surface area contributed by atoms with Crippen LogP contribution in [0, 0.1) is 12.3 Å². The van der Waals surface area contributed by atoms with Gasteiger partial charge in [0.25, 0.3) is 0 Å². The summed E-state index contributed by atoms with van der Waals surface area (Å²) < 4.78 is 15.2. The van der Waals surface area contributed by atoms with E-state index in [9.17, 15) is 34.8 Å². The Kier molecular flexibility index (Phi) is 4.71. The second kappa shape index (κ2) is 7.41. The third kappa shape index (κ3) is 3.14. The fraction of sp³-hybridized carbons (Fsp3) is 0.0455. The highest BCUT2D eigenvalue weighted by molar-refractivity contribution is 6.07. The molecule has 2 aromatic carbocycles. The van der Waals surface area contributed by atoms with Gasteiger partial charge in [-0.25, -0.2) is 9.59 Å². The van der Waals surface area contributed by atoms with Crippen LogP contribution in [0.1, 0.15) is 10.4 Å². The van der Waals surface area contributed by atoms with Gasteiger partial charge in [-0.15, -0.1) is 6.42 Å². The number of fused-ring (bicyclic) bond motifs is 2. The molecule has 0 bridgehead atoms. The summed E-state index contributed by atoms with van der Waals surface area (Å²) in [4.78, 5) is 38.1. The number of phenols is 4. The molecule has 0 saturated heterocycles. The lowest BCUT2D eigenvalue weighted by molar-refractivity contribution is 0.0555. The van der Waals surface area contributed by atoms with Crippen LogP contribution < -0.4 is 11.1 Å². The van der Waals surface area contributed by atoms with Crippen LogP contribution in [0.4, 0.5) is 0 Å². The molecular formula is C22H12O10. The summed E-state index contributed by atoms with van der Waals surface area (Å²) >= 11 is 0. The van der Waals surface area contributed by atoms with Crippen molar-refractivity contribution in [1.82, 2.24) is 0 Å². The van der Waals surface area contributed by atoms with E-state index < -0.39 is 57.6 Å². The van der Waals surface area contributed by atoms with Crippen LogP contribution in [0.15, 0.2) is 49.0 Å². The Morgan fingerprint density at radius 3 is 2.38 bits per heavy atom. The molecule has 10 nitrogen and oxygen atoms in total. The van der Waals surface area contributed by atoms with E-state index in [1.165, 1.54) is 6.07 Å². The van der Waals surface area contributed by atoms with Crippen molar-refractivity contribution >= 4 is 27.9 Å². The number of esters is 1. The number of carbonyl (C=O) groups excluding carboxylic acids is 1. The number of terminal acetylenes is 1. The molecule has 0 spiro atoms. The summed E-state index contributed by atoms with van der Waals surface area (Å²) in [6.45, 7) is -0.467. The van der Waals surface area contributed by atoms with Crippen molar-refractivity contribution in [2.24, 2.45) is 0 Å². The molecular weight excluding hydrogens is 424 g/mol. The van der Waals surface area contributed by atoms with Gasteiger partial charge in [0.15, 0.2) is 29.6 Å². The van der Waals surface area contributed by atoms with Gasteiger partial charge in [-0.2, -0.15) is 0 Å². The Bertz CT molecular complexity index is 1580. The van der Waals surface area contributed by atoms with Crippen LogP contribution in [-0.2, 0) is 4.74 Å². The first-order valence-corrected chi connectivity index (χ1v) is 8.84. The Labute approximate surface area is 177 Å². The minimum absolute atomic E-state index is 0.0552. The number of hydrogen-bond acceptors (Lipinski definition) is 10. The van der Waals surface area contributed by atoms with Crippen molar-refractivity contribution in [2.45, 2.75) is 0 Å². The fourth-order valence-corrected chi connectivity index (χ4v) is 3.16. The maximum Gasteiger partial charge on any atom is 0.344 e. The molecule has 4 aromatic rings. The van der Waals surface area contributed by atoms with Crippen molar-refractivity contribution in [2.75, 3.05) is 6.61 Å². The first kappa shape index (κ1) is 20.4. The maximum absolute atomic E-state index is 13.2. The summed E-state index contributed by atoms with van der Waals surface area (Å²) in [6, 6.07) is 4.28. The zero-order valence-electron chi connectivity index (χ0n) is 15.9. The summed E-state index contributed by atoms with van der Waals surface area (Å²) in [5, 5.41) is 39.1. The molecule has 0 fully saturated rings. The number of rotatable bonds is 3. The Morgan fingerprint density at radius 2 is 1.66 bits per heavy atom. The summed E-state index contributed by atoms with van der Waals surface area (Å²) in [7, 11) is 0. The molecule has 0 unspecified atom stereocenters. The SMILES string of the molecule is C#CCOC(=O)c1c(O)c(O)cc2occ(-c3cc4cc(O)c(O)cc4oc3=O)c(=O)c12. The average molecular weight is 436 g/mol. The van der Waals surface area contributed by atoms with Crippen LogP contribution in [0.3, 0.4) is 0 Å². The molecule has 0 aliphatic rings.